The summed E-state index contributed by atoms with van der Waals surface area (Å²) in [5.74, 6) is 0.674. The zero-order valence-corrected chi connectivity index (χ0v) is 17.6. The average Bonchev–Trinajstić information content (AvgIpc) is 2.80. The second kappa shape index (κ2) is 9.31. The molecular weight excluding hydrogens is 400 g/mol. The van der Waals surface area contributed by atoms with Gasteiger partial charge in [0.15, 0.2) is 11.5 Å². The summed E-state index contributed by atoms with van der Waals surface area (Å²) >= 11 is 6.15. The van der Waals surface area contributed by atoms with E-state index in [1.807, 2.05) is 18.2 Å². The third-order valence-corrected chi connectivity index (χ3v) is 6.14. The number of benzene rings is 1. The van der Waals surface area contributed by atoms with Crippen LogP contribution in [0.15, 0.2) is 30.3 Å². The molecule has 0 radical (unpaired) electrons. The van der Waals surface area contributed by atoms with Gasteiger partial charge in [-0.1, -0.05) is 11.6 Å². The van der Waals surface area contributed by atoms with Gasteiger partial charge in [-0.2, -0.15) is 5.26 Å². The third-order valence-electron chi connectivity index (χ3n) is 5.83. The van der Waals surface area contributed by atoms with Crippen LogP contribution in [0.25, 0.3) is 0 Å². The molecule has 1 N–H and O–H groups in total. The first kappa shape index (κ1) is 20.4. The predicted molar refractivity (Wildman–Crippen MR) is 117 cm³/mol. The SMILES string of the molecule is N#Cc1ccc(N2CCC(NC(=O)c3ccc(N4CCCCC4)nn3)CC2)cc1Cl. The lowest BCUT2D eigenvalue weighted by atomic mass is 10.0. The van der Waals surface area contributed by atoms with Crippen LogP contribution in [-0.4, -0.2) is 48.3 Å². The number of nitrogens with one attached hydrogen (secondary N) is 1. The molecule has 3 heterocycles. The predicted octanol–water partition coefficient (Wildman–Crippen LogP) is 3.39. The number of aromatic nitrogens is 2. The smallest absolute Gasteiger partial charge is 0.272 e. The van der Waals surface area contributed by atoms with E-state index in [4.69, 9.17) is 16.9 Å². The summed E-state index contributed by atoms with van der Waals surface area (Å²) in [6, 6.07) is 11.3. The van der Waals surface area contributed by atoms with E-state index in [0.717, 1.165) is 50.5 Å². The summed E-state index contributed by atoms with van der Waals surface area (Å²) in [5, 5.41) is 21.0. The number of nitriles is 1. The highest BCUT2D eigenvalue weighted by Crippen LogP contribution is 2.26. The van der Waals surface area contributed by atoms with Crippen molar-refractivity contribution in [2.24, 2.45) is 0 Å². The quantitative estimate of drug-likeness (QED) is 0.809. The number of amides is 1. The van der Waals surface area contributed by atoms with Crippen molar-refractivity contribution < 1.29 is 4.79 Å². The number of anilines is 2. The fourth-order valence-corrected chi connectivity index (χ4v) is 4.29. The second-order valence-electron chi connectivity index (χ2n) is 7.84. The summed E-state index contributed by atoms with van der Waals surface area (Å²) < 4.78 is 0. The molecule has 2 fully saturated rings. The highest BCUT2D eigenvalue weighted by Gasteiger charge is 2.23. The Labute approximate surface area is 181 Å². The molecule has 1 aromatic heterocycles. The number of carbonyl (C=O) groups is 1. The van der Waals surface area contributed by atoms with Gasteiger partial charge in [0.05, 0.1) is 10.6 Å². The molecule has 7 nitrogen and oxygen atoms in total. The number of hydrogen-bond acceptors (Lipinski definition) is 6. The van der Waals surface area contributed by atoms with Crippen LogP contribution in [0, 0.1) is 11.3 Å². The summed E-state index contributed by atoms with van der Waals surface area (Å²) in [6.07, 6.45) is 5.29. The largest absolute Gasteiger partial charge is 0.371 e. The Kier molecular flexibility index (Phi) is 6.34. The van der Waals surface area contributed by atoms with Crippen LogP contribution < -0.4 is 15.1 Å². The van der Waals surface area contributed by atoms with Gasteiger partial charge >= 0.3 is 0 Å². The van der Waals surface area contributed by atoms with Crippen LogP contribution in [0.5, 0.6) is 0 Å². The lowest BCUT2D eigenvalue weighted by Crippen LogP contribution is -2.45. The molecule has 2 aromatic rings. The zero-order valence-electron chi connectivity index (χ0n) is 16.9. The lowest BCUT2D eigenvalue weighted by molar-refractivity contribution is 0.0925. The molecule has 0 saturated carbocycles. The normalized spacial score (nSPS) is 17.5. The van der Waals surface area contributed by atoms with Gasteiger partial charge in [-0.3, -0.25) is 4.79 Å². The monoisotopic (exact) mass is 424 g/mol. The molecule has 0 aliphatic carbocycles. The maximum Gasteiger partial charge on any atom is 0.272 e. The Morgan fingerprint density at radius 3 is 2.43 bits per heavy atom. The summed E-state index contributed by atoms with van der Waals surface area (Å²) in [5.41, 5.74) is 1.84. The Bertz CT molecular complexity index is 928. The average molecular weight is 425 g/mol. The molecule has 0 atom stereocenters. The van der Waals surface area contributed by atoms with Crippen molar-refractivity contribution >= 4 is 29.0 Å². The molecule has 1 amide bonds. The lowest BCUT2D eigenvalue weighted by Gasteiger charge is -2.34. The van der Waals surface area contributed by atoms with E-state index in [0.29, 0.717) is 16.3 Å². The second-order valence-corrected chi connectivity index (χ2v) is 8.24. The number of nitrogens with zero attached hydrogens (tertiary/aromatic N) is 5. The van der Waals surface area contributed by atoms with Gasteiger partial charge < -0.3 is 15.1 Å². The fraction of sp³-hybridized carbons (Fsp3) is 0.455. The number of rotatable bonds is 4. The van der Waals surface area contributed by atoms with Crippen molar-refractivity contribution in [2.45, 2.75) is 38.1 Å². The van der Waals surface area contributed by atoms with Crippen molar-refractivity contribution in [3.63, 3.8) is 0 Å². The maximum absolute atomic E-state index is 12.6. The van der Waals surface area contributed by atoms with E-state index >= 15 is 0 Å². The molecule has 4 rings (SSSR count). The molecule has 2 aliphatic heterocycles. The van der Waals surface area contributed by atoms with Crippen LogP contribution in [0.4, 0.5) is 11.5 Å². The molecule has 1 aromatic carbocycles. The Morgan fingerprint density at radius 1 is 1.03 bits per heavy atom. The highest BCUT2D eigenvalue weighted by atomic mass is 35.5. The number of carbonyl (C=O) groups excluding carboxylic acids is 1. The summed E-state index contributed by atoms with van der Waals surface area (Å²) in [6.45, 7) is 3.63. The van der Waals surface area contributed by atoms with E-state index in [1.54, 1.807) is 12.1 Å². The van der Waals surface area contributed by atoms with Crippen LogP contribution in [-0.2, 0) is 0 Å². The van der Waals surface area contributed by atoms with E-state index in [-0.39, 0.29) is 11.9 Å². The van der Waals surface area contributed by atoms with Gasteiger partial charge in [-0.15, -0.1) is 10.2 Å². The minimum Gasteiger partial charge on any atom is -0.371 e. The molecule has 2 saturated heterocycles. The maximum atomic E-state index is 12.6. The van der Waals surface area contributed by atoms with Gasteiger partial charge in [0.1, 0.15) is 6.07 Å². The van der Waals surface area contributed by atoms with Crippen molar-refractivity contribution in [3.05, 3.63) is 46.6 Å². The third kappa shape index (κ3) is 4.65. The minimum absolute atomic E-state index is 0.103. The van der Waals surface area contributed by atoms with Gasteiger partial charge in [-0.25, -0.2) is 0 Å². The molecular formula is C22H25ClN6O. The number of halogens is 1. The van der Waals surface area contributed by atoms with E-state index in [2.05, 4.69) is 31.4 Å². The summed E-state index contributed by atoms with van der Waals surface area (Å²) in [4.78, 5) is 17.0. The van der Waals surface area contributed by atoms with Crippen LogP contribution in [0.3, 0.4) is 0 Å². The van der Waals surface area contributed by atoms with Crippen molar-refractivity contribution in [1.29, 1.82) is 5.26 Å². The first-order valence-corrected chi connectivity index (χ1v) is 10.9. The van der Waals surface area contributed by atoms with Crippen LogP contribution in [0.1, 0.15) is 48.2 Å². The van der Waals surface area contributed by atoms with Crippen LogP contribution in [0.2, 0.25) is 5.02 Å². The number of piperidine rings is 2. The topological polar surface area (TPSA) is 85.2 Å². The van der Waals surface area contributed by atoms with Gasteiger partial charge in [-0.05, 0) is 62.4 Å². The standard InChI is InChI=1S/C22H25ClN6O/c23-19-14-18(5-4-16(19)15-24)28-12-8-17(9-13-28)25-22(30)20-6-7-21(27-26-20)29-10-2-1-3-11-29/h4-7,14,17H,1-3,8-13H2,(H,25,30). The first-order chi connectivity index (χ1) is 14.6. The molecule has 8 heteroatoms. The van der Waals surface area contributed by atoms with Gasteiger partial charge in [0.25, 0.3) is 5.91 Å². The first-order valence-electron chi connectivity index (χ1n) is 10.5. The van der Waals surface area contributed by atoms with Crippen molar-refractivity contribution in [3.8, 4) is 6.07 Å². The number of hydrogen-bond donors (Lipinski definition) is 1. The van der Waals surface area contributed by atoms with Gasteiger partial charge in [0, 0.05) is 37.9 Å². The van der Waals surface area contributed by atoms with Gasteiger partial charge in [0.2, 0.25) is 0 Å². The van der Waals surface area contributed by atoms with Crippen LogP contribution >= 0.6 is 11.6 Å². The van der Waals surface area contributed by atoms with E-state index in [1.165, 1.54) is 19.3 Å². The minimum atomic E-state index is -0.174. The zero-order chi connectivity index (χ0) is 20.9. The Balaban J connectivity index is 1.30. The summed E-state index contributed by atoms with van der Waals surface area (Å²) in [7, 11) is 0. The highest BCUT2D eigenvalue weighted by molar-refractivity contribution is 6.32. The Hall–Kier alpha value is -2.85. The fourth-order valence-electron chi connectivity index (χ4n) is 4.07. The van der Waals surface area contributed by atoms with E-state index < -0.39 is 0 Å². The molecule has 156 valence electrons. The van der Waals surface area contributed by atoms with E-state index in [9.17, 15) is 4.79 Å². The molecule has 0 spiro atoms. The molecule has 30 heavy (non-hydrogen) atoms. The van der Waals surface area contributed by atoms with Crippen molar-refractivity contribution in [2.75, 3.05) is 36.0 Å². The molecule has 2 aliphatic rings. The molecule has 0 bridgehead atoms. The molecule has 0 unspecified atom stereocenters. The Morgan fingerprint density at radius 2 is 1.80 bits per heavy atom. The van der Waals surface area contributed by atoms with Crippen molar-refractivity contribution in [1.82, 2.24) is 15.5 Å².